The van der Waals surface area contributed by atoms with E-state index in [1.165, 1.54) is 19.4 Å². The van der Waals surface area contributed by atoms with E-state index < -0.39 is 0 Å². The van der Waals surface area contributed by atoms with Gasteiger partial charge in [0.15, 0.2) is 0 Å². The minimum absolute atomic E-state index is 0.408. The zero-order chi connectivity index (χ0) is 12.1. The van der Waals surface area contributed by atoms with Crippen LogP contribution in [0.15, 0.2) is 0 Å². The van der Waals surface area contributed by atoms with Crippen LogP contribution >= 0.6 is 0 Å². The van der Waals surface area contributed by atoms with Crippen LogP contribution in [0.3, 0.4) is 0 Å². The summed E-state index contributed by atoms with van der Waals surface area (Å²) >= 11 is 0. The molecule has 0 aromatic heterocycles. The van der Waals surface area contributed by atoms with Crippen LogP contribution < -0.4 is 5.32 Å². The highest BCUT2D eigenvalue weighted by atomic mass is 16.5. The average molecular weight is 228 g/mol. The van der Waals surface area contributed by atoms with E-state index in [4.69, 9.17) is 4.74 Å². The number of ether oxygens (including phenoxy) is 1. The summed E-state index contributed by atoms with van der Waals surface area (Å²) in [6.45, 7) is 9.16. The Morgan fingerprint density at radius 1 is 1.50 bits per heavy atom. The number of likely N-dealkylation sites (tertiary alicyclic amines) is 1. The molecule has 0 amide bonds. The maximum atomic E-state index is 5.57. The van der Waals surface area contributed by atoms with Gasteiger partial charge in [0.05, 0.1) is 6.10 Å². The second-order valence-corrected chi connectivity index (χ2v) is 5.08. The normalized spacial score (nSPS) is 31.3. The first-order valence-electron chi connectivity index (χ1n) is 6.58. The van der Waals surface area contributed by atoms with Gasteiger partial charge in [-0.05, 0) is 39.3 Å². The van der Waals surface area contributed by atoms with Gasteiger partial charge in [0.25, 0.3) is 0 Å². The lowest BCUT2D eigenvalue weighted by atomic mass is 9.93. The molecule has 1 N–H and O–H groups in total. The summed E-state index contributed by atoms with van der Waals surface area (Å²) in [5, 5.41) is 3.41. The molecule has 4 unspecified atom stereocenters. The topological polar surface area (TPSA) is 24.5 Å². The molecule has 0 radical (unpaired) electrons. The van der Waals surface area contributed by atoms with Crippen molar-refractivity contribution in [3.8, 4) is 0 Å². The molecule has 0 aromatic carbocycles. The minimum atomic E-state index is 0.408. The lowest BCUT2D eigenvalue weighted by Crippen LogP contribution is -2.53. The molecule has 1 aliphatic heterocycles. The van der Waals surface area contributed by atoms with Gasteiger partial charge in [0.1, 0.15) is 0 Å². The second kappa shape index (κ2) is 6.58. The Balaban J connectivity index is 2.53. The van der Waals surface area contributed by atoms with Crippen molar-refractivity contribution in [3.63, 3.8) is 0 Å². The largest absolute Gasteiger partial charge is 0.380 e. The van der Waals surface area contributed by atoms with Gasteiger partial charge < -0.3 is 10.1 Å². The predicted molar refractivity (Wildman–Crippen MR) is 68.8 cm³/mol. The Morgan fingerprint density at radius 3 is 2.69 bits per heavy atom. The highest BCUT2D eigenvalue weighted by molar-refractivity contribution is 4.86. The Hall–Kier alpha value is -0.120. The van der Waals surface area contributed by atoms with Crippen molar-refractivity contribution in [1.29, 1.82) is 0 Å². The predicted octanol–water partition coefficient (Wildman–Crippen LogP) is 1.73. The summed E-state index contributed by atoms with van der Waals surface area (Å²) in [5.41, 5.74) is 0. The van der Waals surface area contributed by atoms with Gasteiger partial charge in [0, 0.05) is 25.7 Å². The second-order valence-electron chi connectivity index (χ2n) is 5.08. The Bertz CT molecular complexity index is 192. The first-order chi connectivity index (χ1) is 7.63. The van der Waals surface area contributed by atoms with Crippen LogP contribution in [0.4, 0.5) is 0 Å². The third-order valence-corrected chi connectivity index (χ3v) is 4.19. The molecular formula is C13H28N2O. The smallest absolute Gasteiger partial charge is 0.0724 e. The number of likely N-dealkylation sites (N-methyl/N-ethyl adjacent to an activating group) is 1. The highest BCUT2D eigenvalue weighted by Gasteiger charge is 2.30. The minimum Gasteiger partial charge on any atom is -0.380 e. The van der Waals surface area contributed by atoms with E-state index in [-0.39, 0.29) is 0 Å². The van der Waals surface area contributed by atoms with E-state index in [2.05, 4.69) is 38.0 Å². The first-order valence-corrected chi connectivity index (χ1v) is 6.58. The van der Waals surface area contributed by atoms with Crippen LogP contribution in [0.5, 0.6) is 0 Å². The molecule has 0 aliphatic carbocycles. The number of methoxy groups -OCH3 is 1. The van der Waals surface area contributed by atoms with Gasteiger partial charge in [-0.1, -0.05) is 13.8 Å². The summed E-state index contributed by atoms with van der Waals surface area (Å²) in [5.74, 6) is 0.697. The number of hydrogen-bond acceptors (Lipinski definition) is 3. The van der Waals surface area contributed by atoms with E-state index >= 15 is 0 Å². The van der Waals surface area contributed by atoms with Gasteiger partial charge >= 0.3 is 0 Å². The van der Waals surface area contributed by atoms with Crippen molar-refractivity contribution in [2.75, 3.05) is 27.2 Å². The van der Waals surface area contributed by atoms with Crippen molar-refractivity contribution < 1.29 is 4.74 Å². The molecule has 1 saturated heterocycles. The molecule has 0 spiro atoms. The molecule has 16 heavy (non-hydrogen) atoms. The zero-order valence-electron chi connectivity index (χ0n) is 11.5. The lowest BCUT2D eigenvalue weighted by Gasteiger charge is -2.42. The molecule has 1 fully saturated rings. The molecule has 0 saturated carbocycles. The standard InChI is InChI=1S/C13H28N2O/c1-6-12(14-4)11(3)15-8-7-10(2)13(9-15)16-5/h10-14H,6-9H2,1-5H3. The summed E-state index contributed by atoms with van der Waals surface area (Å²) in [6, 6.07) is 1.19. The average Bonchev–Trinajstić information content (AvgIpc) is 2.31. The van der Waals surface area contributed by atoms with E-state index in [9.17, 15) is 0 Å². The molecule has 3 heteroatoms. The third kappa shape index (κ3) is 3.19. The molecule has 1 heterocycles. The van der Waals surface area contributed by atoms with Gasteiger partial charge in [-0.15, -0.1) is 0 Å². The van der Waals surface area contributed by atoms with E-state index in [0.717, 1.165) is 6.54 Å². The van der Waals surface area contributed by atoms with Crippen LogP contribution in [-0.4, -0.2) is 50.3 Å². The summed E-state index contributed by atoms with van der Waals surface area (Å²) < 4.78 is 5.57. The van der Waals surface area contributed by atoms with Crippen LogP contribution in [0, 0.1) is 5.92 Å². The van der Waals surface area contributed by atoms with Crippen molar-refractivity contribution in [1.82, 2.24) is 10.2 Å². The molecular weight excluding hydrogens is 200 g/mol. The molecule has 1 aliphatic rings. The van der Waals surface area contributed by atoms with Crippen molar-refractivity contribution in [2.24, 2.45) is 5.92 Å². The number of nitrogens with one attached hydrogen (secondary N) is 1. The molecule has 96 valence electrons. The molecule has 0 aromatic rings. The number of nitrogens with zero attached hydrogens (tertiary/aromatic N) is 1. The fraction of sp³-hybridized carbons (Fsp3) is 1.00. The van der Waals surface area contributed by atoms with Crippen molar-refractivity contribution in [3.05, 3.63) is 0 Å². The number of piperidine rings is 1. The Kier molecular flexibility index (Phi) is 5.73. The van der Waals surface area contributed by atoms with E-state index in [1.54, 1.807) is 0 Å². The van der Waals surface area contributed by atoms with Gasteiger partial charge in [-0.3, -0.25) is 4.90 Å². The summed E-state index contributed by atoms with van der Waals surface area (Å²) in [7, 11) is 3.90. The lowest BCUT2D eigenvalue weighted by molar-refractivity contribution is -0.0214. The molecule has 1 rings (SSSR count). The maximum absolute atomic E-state index is 5.57. The Labute approximate surface area is 101 Å². The fourth-order valence-electron chi connectivity index (χ4n) is 2.78. The fourth-order valence-corrected chi connectivity index (χ4v) is 2.78. The third-order valence-electron chi connectivity index (χ3n) is 4.19. The van der Waals surface area contributed by atoms with E-state index in [1.807, 2.05) is 7.11 Å². The van der Waals surface area contributed by atoms with Crippen LogP contribution in [0.2, 0.25) is 0 Å². The molecule has 4 atom stereocenters. The summed E-state index contributed by atoms with van der Waals surface area (Å²) in [6.07, 6.45) is 2.84. The van der Waals surface area contributed by atoms with Crippen molar-refractivity contribution >= 4 is 0 Å². The summed E-state index contributed by atoms with van der Waals surface area (Å²) in [4.78, 5) is 2.57. The quantitative estimate of drug-likeness (QED) is 0.775. The van der Waals surface area contributed by atoms with Crippen LogP contribution in [0.1, 0.15) is 33.6 Å². The van der Waals surface area contributed by atoms with Gasteiger partial charge in [-0.25, -0.2) is 0 Å². The first kappa shape index (κ1) is 13.9. The van der Waals surface area contributed by atoms with E-state index in [0.29, 0.717) is 24.1 Å². The van der Waals surface area contributed by atoms with Crippen LogP contribution in [0.25, 0.3) is 0 Å². The van der Waals surface area contributed by atoms with Gasteiger partial charge in [-0.2, -0.15) is 0 Å². The number of rotatable bonds is 5. The molecule has 3 nitrogen and oxygen atoms in total. The number of hydrogen-bond donors (Lipinski definition) is 1. The Morgan fingerprint density at radius 2 is 2.19 bits per heavy atom. The molecule has 0 bridgehead atoms. The maximum Gasteiger partial charge on any atom is 0.0724 e. The zero-order valence-corrected chi connectivity index (χ0v) is 11.5. The van der Waals surface area contributed by atoms with Crippen molar-refractivity contribution in [2.45, 2.75) is 51.8 Å². The van der Waals surface area contributed by atoms with Crippen LogP contribution in [-0.2, 0) is 4.74 Å². The monoisotopic (exact) mass is 228 g/mol. The van der Waals surface area contributed by atoms with Gasteiger partial charge in [0.2, 0.25) is 0 Å². The SMILES string of the molecule is CCC(NC)C(C)N1CCC(C)C(OC)C1. The highest BCUT2D eigenvalue weighted by Crippen LogP contribution is 2.22.